The third-order valence-corrected chi connectivity index (χ3v) is 3.67. The molecule has 3 nitrogen and oxygen atoms in total. The van der Waals surface area contributed by atoms with Crippen molar-refractivity contribution in [2.24, 2.45) is 9.76 Å². The summed E-state index contributed by atoms with van der Waals surface area (Å²) >= 11 is 0. The van der Waals surface area contributed by atoms with E-state index in [1.54, 1.807) is 6.20 Å². The van der Waals surface area contributed by atoms with Crippen molar-refractivity contribution in [3.8, 4) is 0 Å². The second-order valence-corrected chi connectivity index (χ2v) is 4.56. The zero-order valence-electron chi connectivity index (χ0n) is 7.41. The van der Waals surface area contributed by atoms with Gasteiger partial charge < -0.3 is 4.67 Å². The second kappa shape index (κ2) is 3.03. The molecule has 0 radical (unpaired) electrons. The van der Waals surface area contributed by atoms with Crippen LogP contribution < -0.4 is 4.67 Å². The molecule has 68 valence electrons. The summed E-state index contributed by atoms with van der Waals surface area (Å²) in [5.41, 5.74) is 2.39. The van der Waals surface area contributed by atoms with Gasteiger partial charge in [0, 0.05) is 24.2 Å². The highest BCUT2D eigenvalue weighted by molar-refractivity contribution is 7.73. The summed E-state index contributed by atoms with van der Waals surface area (Å²) in [5, 5.41) is 0. The maximum Gasteiger partial charge on any atom is 0.164 e. The van der Waals surface area contributed by atoms with Crippen molar-refractivity contribution in [2.75, 3.05) is 4.67 Å². The Hall–Kier alpha value is -1.47. The van der Waals surface area contributed by atoms with Gasteiger partial charge >= 0.3 is 0 Å². The van der Waals surface area contributed by atoms with E-state index >= 15 is 0 Å². The molecule has 2 aliphatic heterocycles. The number of nitrogens with zero attached hydrogens (tertiary/aromatic N) is 3. The molecule has 1 atom stereocenters. The molecule has 2 aliphatic rings. The largest absolute Gasteiger partial charge is 0.301 e. The number of fused-ring (bicyclic) bond motifs is 3. The Morgan fingerprint density at radius 2 is 2.14 bits per heavy atom. The molecular formula is C10H8N3P. The van der Waals surface area contributed by atoms with Gasteiger partial charge in [-0.2, -0.15) is 0 Å². The van der Waals surface area contributed by atoms with E-state index in [1.807, 2.05) is 30.5 Å². The van der Waals surface area contributed by atoms with Crippen molar-refractivity contribution in [3.63, 3.8) is 0 Å². The van der Waals surface area contributed by atoms with Crippen LogP contribution in [0.1, 0.15) is 5.56 Å². The van der Waals surface area contributed by atoms with E-state index in [1.165, 1.54) is 11.3 Å². The Bertz CT molecular complexity index is 450. The lowest BCUT2D eigenvalue weighted by molar-refractivity contribution is 1.35. The molecule has 14 heavy (non-hydrogen) atoms. The van der Waals surface area contributed by atoms with E-state index in [9.17, 15) is 0 Å². The predicted molar refractivity (Wildman–Crippen MR) is 61.1 cm³/mol. The summed E-state index contributed by atoms with van der Waals surface area (Å²) in [5.74, 6) is 1.90. The van der Waals surface area contributed by atoms with Crippen LogP contribution in [0.15, 0.2) is 46.4 Å². The summed E-state index contributed by atoms with van der Waals surface area (Å²) in [6, 6.07) is 8.26. The second-order valence-electron chi connectivity index (χ2n) is 3.03. The molecule has 0 N–H and O–H groups in total. The number of benzene rings is 1. The SMILES string of the molecule is C1=CN2c3ccccc3C=NP2C=N1. The predicted octanol–water partition coefficient (Wildman–Crippen LogP) is 2.75. The lowest BCUT2D eigenvalue weighted by atomic mass is 10.2. The highest BCUT2D eigenvalue weighted by atomic mass is 31.1. The molecule has 0 saturated carbocycles. The average Bonchev–Trinajstić information content (AvgIpc) is 2.29. The number of para-hydroxylation sites is 1. The van der Waals surface area contributed by atoms with Gasteiger partial charge in [-0.1, -0.05) is 18.2 Å². The van der Waals surface area contributed by atoms with Crippen LogP contribution in [0.3, 0.4) is 0 Å². The molecule has 1 unspecified atom stereocenters. The van der Waals surface area contributed by atoms with Crippen LogP contribution in [0.2, 0.25) is 0 Å². The molecule has 0 aliphatic carbocycles. The molecule has 0 bridgehead atoms. The van der Waals surface area contributed by atoms with E-state index < -0.39 is 8.22 Å². The molecule has 4 heteroatoms. The van der Waals surface area contributed by atoms with Crippen molar-refractivity contribution in [1.82, 2.24) is 0 Å². The Balaban J connectivity index is 2.15. The van der Waals surface area contributed by atoms with Gasteiger partial charge in [0.15, 0.2) is 8.22 Å². The highest BCUT2D eigenvalue weighted by Crippen LogP contribution is 2.48. The highest BCUT2D eigenvalue weighted by Gasteiger charge is 2.21. The fourth-order valence-corrected chi connectivity index (χ4v) is 2.85. The minimum absolute atomic E-state index is 0.609. The van der Waals surface area contributed by atoms with Gasteiger partial charge in [0.25, 0.3) is 0 Å². The number of rotatable bonds is 0. The minimum atomic E-state index is -0.609. The summed E-state index contributed by atoms with van der Waals surface area (Å²) in [6.07, 6.45) is 5.72. The van der Waals surface area contributed by atoms with E-state index in [4.69, 9.17) is 0 Å². The van der Waals surface area contributed by atoms with Gasteiger partial charge in [-0.3, -0.25) is 4.99 Å². The first kappa shape index (κ1) is 7.89. The van der Waals surface area contributed by atoms with Crippen molar-refractivity contribution in [2.45, 2.75) is 0 Å². The zero-order valence-corrected chi connectivity index (χ0v) is 8.30. The fraction of sp³-hybridized carbons (Fsp3) is 0. The van der Waals surface area contributed by atoms with Crippen LogP contribution in [-0.2, 0) is 0 Å². The van der Waals surface area contributed by atoms with Gasteiger partial charge in [-0.25, -0.2) is 4.76 Å². The van der Waals surface area contributed by atoms with Crippen LogP contribution in [-0.4, -0.2) is 12.2 Å². The monoisotopic (exact) mass is 201 g/mol. The Morgan fingerprint density at radius 1 is 1.21 bits per heavy atom. The first-order chi connectivity index (χ1) is 6.95. The normalized spacial score (nSPS) is 22.0. The summed E-state index contributed by atoms with van der Waals surface area (Å²) < 4.78 is 6.64. The lowest BCUT2D eigenvalue weighted by Gasteiger charge is -2.29. The quantitative estimate of drug-likeness (QED) is 0.593. The summed E-state index contributed by atoms with van der Waals surface area (Å²) in [6.45, 7) is 0. The molecular weight excluding hydrogens is 193 g/mol. The lowest BCUT2D eigenvalue weighted by Crippen LogP contribution is -2.15. The van der Waals surface area contributed by atoms with Gasteiger partial charge in [-0.15, -0.1) is 0 Å². The molecule has 0 saturated heterocycles. The Labute approximate surface area is 83.4 Å². The van der Waals surface area contributed by atoms with E-state index in [0.29, 0.717) is 0 Å². The number of aliphatic imine (C=N–C) groups is 1. The average molecular weight is 201 g/mol. The standard InChI is InChI=1S/C10H8N3P/c1-2-4-10-9(3-1)7-12-14-8-11-5-6-13(10)14/h1-8H. The smallest absolute Gasteiger partial charge is 0.164 e. The fourth-order valence-electron chi connectivity index (χ4n) is 1.53. The number of hydrogen-bond acceptors (Lipinski definition) is 3. The molecule has 0 spiro atoms. The van der Waals surface area contributed by atoms with Crippen LogP contribution >= 0.6 is 8.22 Å². The number of hydrogen-bond donors (Lipinski definition) is 0. The molecule has 3 rings (SSSR count). The Kier molecular flexibility index (Phi) is 1.71. The summed E-state index contributed by atoms with van der Waals surface area (Å²) in [7, 11) is -0.609. The van der Waals surface area contributed by atoms with Crippen LogP contribution in [0.5, 0.6) is 0 Å². The third-order valence-electron chi connectivity index (χ3n) is 2.18. The van der Waals surface area contributed by atoms with Gasteiger partial charge in [0.1, 0.15) is 0 Å². The molecule has 1 aromatic carbocycles. The van der Waals surface area contributed by atoms with E-state index in [0.717, 1.165) is 0 Å². The van der Waals surface area contributed by atoms with Crippen LogP contribution in [0.4, 0.5) is 5.69 Å². The van der Waals surface area contributed by atoms with Crippen molar-refractivity contribution >= 4 is 26.1 Å². The molecule has 0 amide bonds. The number of anilines is 1. The maximum absolute atomic E-state index is 4.46. The van der Waals surface area contributed by atoms with E-state index in [2.05, 4.69) is 26.6 Å². The third kappa shape index (κ3) is 1.10. The van der Waals surface area contributed by atoms with E-state index in [-0.39, 0.29) is 0 Å². The first-order valence-corrected chi connectivity index (χ1v) is 5.68. The van der Waals surface area contributed by atoms with Gasteiger partial charge in [0.05, 0.1) is 11.6 Å². The van der Waals surface area contributed by atoms with Crippen molar-refractivity contribution < 1.29 is 0 Å². The van der Waals surface area contributed by atoms with Gasteiger partial charge in [0.2, 0.25) is 0 Å². The molecule has 1 aromatic rings. The maximum atomic E-state index is 4.46. The Morgan fingerprint density at radius 3 is 3.14 bits per heavy atom. The minimum Gasteiger partial charge on any atom is -0.301 e. The van der Waals surface area contributed by atoms with Gasteiger partial charge in [-0.05, 0) is 6.07 Å². The molecule has 0 aromatic heterocycles. The van der Waals surface area contributed by atoms with Crippen LogP contribution in [0, 0.1) is 0 Å². The van der Waals surface area contributed by atoms with Crippen LogP contribution in [0.25, 0.3) is 0 Å². The first-order valence-electron chi connectivity index (χ1n) is 4.36. The molecule has 2 heterocycles. The molecule has 0 fully saturated rings. The van der Waals surface area contributed by atoms with Crippen molar-refractivity contribution in [1.29, 1.82) is 0 Å². The van der Waals surface area contributed by atoms with Crippen molar-refractivity contribution in [3.05, 3.63) is 42.2 Å². The summed E-state index contributed by atoms with van der Waals surface area (Å²) in [4.78, 5) is 4.10. The zero-order chi connectivity index (χ0) is 9.38. The topological polar surface area (TPSA) is 28.0 Å².